The second kappa shape index (κ2) is 5.67. The second-order valence-corrected chi connectivity index (χ2v) is 7.75. The van der Waals surface area contributed by atoms with Crippen molar-refractivity contribution >= 4 is 55.6 Å². The molecular weight excluding hydrogens is 324 g/mol. The van der Waals surface area contributed by atoms with Gasteiger partial charge in [-0.2, -0.15) is 0 Å². The Morgan fingerprint density at radius 1 is 1.38 bits per heavy atom. The summed E-state index contributed by atoms with van der Waals surface area (Å²) < 4.78 is 2.05. The molecule has 0 radical (unpaired) electrons. The van der Waals surface area contributed by atoms with Gasteiger partial charge in [0.25, 0.3) is 0 Å². The van der Waals surface area contributed by atoms with Crippen LogP contribution in [0.5, 0.6) is 0 Å². The number of thioether (sulfide) groups is 1. The number of thiazole rings is 1. The largest absolute Gasteiger partial charge is 0.477 e. The van der Waals surface area contributed by atoms with E-state index >= 15 is 0 Å². The number of fused-ring (bicyclic) bond motifs is 1. The van der Waals surface area contributed by atoms with Crippen LogP contribution in [0.2, 0.25) is 0 Å². The highest BCUT2D eigenvalue weighted by Crippen LogP contribution is 2.38. The molecule has 0 aliphatic carbocycles. The number of nitrogens with two attached hydrogens (primary N) is 1. The van der Waals surface area contributed by atoms with Crippen LogP contribution in [-0.2, 0) is 5.75 Å². The van der Waals surface area contributed by atoms with E-state index < -0.39 is 5.97 Å². The van der Waals surface area contributed by atoms with E-state index in [-0.39, 0.29) is 0 Å². The summed E-state index contributed by atoms with van der Waals surface area (Å²) in [5.41, 5.74) is 7.48. The summed E-state index contributed by atoms with van der Waals surface area (Å²) >= 11 is 4.36. The molecule has 0 amide bonds. The summed E-state index contributed by atoms with van der Waals surface area (Å²) in [6.45, 7) is 1.92. The lowest BCUT2D eigenvalue weighted by Crippen LogP contribution is -1.96. The predicted octanol–water partition coefficient (Wildman–Crippen LogP) is 4.24. The van der Waals surface area contributed by atoms with Crippen molar-refractivity contribution in [3.8, 4) is 0 Å². The zero-order chi connectivity index (χ0) is 15.0. The number of aromatic nitrogens is 1. The Morgan fingerprint density at radius 2 is 2.14 bits per heavy atom. The van der Waals surface area contributed by atoms with Gasteiger partial charge in [0, 0.05) is 10.5 Å². The highest BCUT2D eigenvalue weighted by molar-refractivity contribution is 8.00. The van der Waals surface area contributed by atoms with Crippen molar-refractivity contribution in [1.82, 2.24) is 4.98 Å². The molecule has 0 aliphatic heterocycles. The maximum absolute atomic E-state index is 11.4. The summed E-state index contributed by atoms with van der Waals surface area (Å²) in [6, 6.07) is 7.79. The van der Waals surface area contributed by atoms with Gasteiger partial charge in [-0.3, -0.25) is 0 Å². The summed E-state index contributed by atoms with van der Waals surface area (Å²) in [4.78, 5) is 16.1. The monoisotopic (exact) mass is 336 g/mol. The van der Waals surface area contributed by atoms with Crippen LogP contribution in [-0.4, -0.2) is 16.1 Å². The van der Waals surface area contributed by atoms with Gasteiger partial charge in [-0.25, -0.2) is 9.78 Å². The van der Waals surface area contributed by atoms with Gasteiger partial charge in [-0.1, -0.05) is 29.5 Å². The Kier molecular flexibility index (Phi) is 3.88. The number of nitrogens with zero attached hydrogens (tertiary/aromatic N) is 1. The molecule has 108 valence electrons. The molecule has 3 N–H and O–H groups in total. The Labute approximate surface area is 133 Å². The molecule has 3 rings (SSSR count). The van der Waals surface area contributed by atoms with Crippen molar-refractivity contribution in [1.29, 1.82) is 0 Å². The van der Waals surface area contributed by atoms with E-state index in [1.807, 2.05) is 31.2 Å². The summed E-state index contributed by atoms with van der Waals surface area (Å²) in [7, 11) is 0. The zero-order valence-electron chi connectivity index (χ0n) is 11.1. The van der Waals surface area contributed by atoms with Crippen molar-refractivity contribution in [3.05, 3.63) is 40.4 Å². The number of anilines is 1. The number of aromatic carboxylic acids is 1. The number of benzene rings is 1. The fraction of sp³-hybridized carbons (Fsp3) is 0.143. The Morgan fingerprint density at radius 3 is 2.81 bits per heavy atom. The average molecular weight is 336 g/mol. The maximum Gasteiger partial charge on any atom is 0.346 e. The van der Waals surface area contributed by atoms with Gasteiger partial charge in [-0.15, -0.1) is 23.1 Å². The lowest BCUT2D eigenvalue weighted by Gasteiger charge is -2.01. The van der Waals surface area contributed by atoms with Crippen LogP contribution in [0.15, 0.2) is 28.5 Å². The third kappa shape index (κ3) is 2.76. The van der Waals surface area contributed by atoms with Crippen molar-refractivity contribution < 1.29 is 9.90 Å². The van der Waals surface area contributed by atoms with E-state index in [4.69, 9.17) is 5.73 Å². The molecular formula is C14H12N2O2S3. The van der Waals surface area contributed by atoms with Gasteiger partial charge in [0.1, 0.15) is 4.88 Å². The first-order chi connectivity index (χ1) is 10.1. The second-order valence-electron chi connectivity index (χ2n) is 4.42. The molecule has 21 heavy (non-hydrogen) atoms. The topological polar surface area (TPSA) is 76.2 Å². The van der Waals surface area contributed by atoms with E-state index in [1.165, 1.54) is 22.7 Å². The Hall–Kier alpha value is -1.57. The third-order valence-corrected chi connectivity index (χ3v) is 6.59. The number of carboxylic acids is 1. The van der Waals surface area contributed by atoms with Crippen LogP contribution in [0, 0.1) is 6.92 Å². The van der Waals surface area contributed by atoms with Crippen LogP contribution < -0.4 is 5.73 Å². The van der Waals surface area contributed by atoms with Crippen LogP contribution in [0.3, 0.4) is 0 Å². The Bertz CT molecular complexity index is 823. The highest BCUT2D eigenvalue weighted by Gasteiger charge is 2.18. The molecule has 0 spiro atoms. The summed E-state index contributed by atoms with van der Waals surface area (Å²) in [6.07, 6.45) is 0. The van der Waals surface area contributed by atoms with Crippen LogP contribution in [0.1, 0.15) is 20.9 Å². The van der Waals surface area contributed by atoms with E-state index in [0.717, 1.165) is 25.6 Å². The van der Waals surface area contributed by atoms with E-state index in [9.17, 15) is 9.90 Å². The van der Waals surface area contributed by atoms with Gasteiger partial charge in [-0.05, 0) is 23.9 Å². The summed E-state index contributed by atoms with van der Waals surface area (Å²) in [5.74, 6) is -0.263. The molecule has 3 aromatic rings. The van der Waals surface area contributed by atoms with Crippen molar-refractivity contribution in [2.24, 2.45) is 0 Å². The number of thiophene rings is 1. The first-order valence-corrected chi connectivity index (χ1v) is 8.77. The maximum atomic E-state index is 11.4. The highest BCUT2D eigenvalue weighted by atomic mass is 32.2. The van der Waals surface area contributed by atoms with Gasteiger partial charge < -0.3 is 10.8 Å². The standard InChI is InChI=1S/C14H12N2O2S3/c1-7-13(21-14(15)16-7)19-6-9-8-4-2-3-5-10(8)20-11(9)12(17)18/h2-5H,6H2,1H3,(H2,15,16)(H,17,18). The predicted molar refractivity (Wildman–Crippen MR) is 89.6 cm³/mol. The number of aryl methyl sites for hydroxylation is 1. The third-order valence-electron chi connectivity index (χ3n) is 3.01. The number of hydrogen-bond donors (Lipinski definition) is 2. The number of rotatable bonds is 4. The molecule has 0 unspecified atom stereocenters. The lowest BCUT2D eigenvalue weighted by atomic mass is 10.1. The molecule has 2 aromatic heterocycles. The Balaban J connectivity index is 1.97. The molecule has 1 aromatic carbocycles. The fourth-order valence-corrected chi connectivity index (χ4v) is 5.31. The van der Waals surface area contributed by atoms with Crippen molar-refractivity contribution in [3.63, 3.8) is 0 Å². The number of carbonyl (C=O) groups is 1. The fourth-order valence-electron chi connectivity index (χ4n) is 2.09. The SMILES string of the molecule is Cc1nc(N)sc1SCc1c(C(=O)O)sc2ccccc12. The molecule has 2 heterocycles. The first kappa shape index (κ1) is 14.4. The normalized spacial score (nSPS) is 11.1. The van der Waals surface area contributed by atoms with Gasteiger partial charge >= 0.3 is 5.97 Å². The molecule has 0 atom stereocenters. The van der Waals surface area contributed by atoms with Crippen molar-refractivity contribution in [2.45, 2.75) is 16.9 Å². The first-order valence-electron chi connectivity index (χ1n) is 6.15. The quantitative estimate of drug-likeness (QED) is 0.697. The molecule has 0 fully saturated rings. The van der Waals surface area contributed by atoms with Gasteiger partial charge in [0.2, 0.25) is 0 Å². The van der Waals surface area contributed by atoms with E-state index in [0.29, 0.717) is 15.8 Å². The van der Waals surface area contributed by atoms with E-state index in [1.54, 1.807) is 11.8 Å². The number of nitrogen functional groups attached to an aromatic ring is 1. The smallest absolute Gasteiger partial charge is 0.346 e. The number of carboxylic acid groups (broad SMARTS) is 1. The minimum atomic E-state index is -0.868. The zero-order valence-corrected chi connectivity index (χ0v) is 13.6. The molecule has 0 saturated carbocycles. The molecule has 0 aliphatic rings. The van der Waals surface area contributed by atoms with Crippen LogP contribution in [0.25, 0.3) is 10.1 Å². The van der Waals surface area contributed by atoms with Crippen LogP contribution >= 0.6 is 34.4 Å². The average Bonchev–Trinajstić information content (AvgIpc) is 2.96. The van der Waals surface area contributed by atoms with E-state index in [2.05, 4.69) is 4.98 Å². The summed E-state index contributed by atoms with van der Waals surface area (Å²) in [5, 5.41) is 11.0. The van der Waals surface area contributed by atoms with Crippen LogP contribution in [0.4, 0.5) is 5.13 Å². The minimum Gasteiger partial charge on any atom is -0.477 e. The molecule has 0 bridgehead atoms. The lowest BCUT2D eigenvalue weighted by molar-refractivity contribution is 0.0701. The molecule has 7 heteroatoms. The molecule has 4 nitrogen and oxygen atoms in total. The van der Waals surface area contributed by atoms with Gasteiger partial charge in [0.15, 0.2) is 5.13 Å². The minimum absolute atomic E-state index is 0.416. The van der Waals surface area contributed by atoms with Crippen molar-refractivity contribution in [2.75, 3.05) is 5.73 Å². The van der Waals surface area contributed by atoms with Gasteiger partial charge in [0.05, 0.1) is 9.90 Å². The molecule has 0 saturated heterocycles. The number of hydrogen-bond acceptors (Lipinski definition) is 6.